The summed E-state index contributed by atoms with van der Waals surface area (Å²) in [5, 5.41) is 4.77. The van der Waals surface area contributed by atoms with Crippen LogP contribution in [-0.2, 0) is 22.3 Å². The van der Waals surface area contributed by atoms with Crippen molar-refractivity contribution in [3.8, 4) is 0 Å². The second-order valence-electron chi connectivity index (χ2n) is 6.70. The van der Waals surface area contributed by atoms with Crippen LogP contribution in [0.5, 0.6) is 0 Å². The van der Waals surface area contributed by atoms with Crippen LogP contribution >= 0.6 is 11.3 Å². The van der Waals surface area contributed by atoms with Gasteiger partial charge in [-0.3, -0.25) is 0 Å². The van der Waals surface area contributed by atoms with Crippen LogP contribution < -0.4 is 5.32 Å². The minimum Gasteiger partial charge on any atom is -0.381 e. The van der Waals surface area contributed by atoms with Crippen LogP contribution in [0.1, 0.15) is 36.1 Å². The van der Waals surface area contributed by atoms with Gasteiger partial charge in [0.15, 0.2) is 0 Å². The number of anilines is 1. The quantitative estimate of drug-likeness (QED) is 0.778. The number of rotatable bonds is 7. The highest BCUT2D eigenvalue weighted by molar-refractivity contribution is 7.19. The van der Waals surface area contributed by atoms with E-state index >= 15 is 0 Å². The second-order valence-corrected chi connectivity index (χ2v) is 7.78. The number of aromatic nitrogens is 2. The number of nitrogens with zero attached hydrogens (tertiary/aromatic N) is 2. The SMILES string of the molecule is c1nc(NCCCOCC2CCOC2)c2c3c(sc2n1)CCCC3. The highest BCUT2D eigenvalue weighted by Gasteiger charge is 2.19. The van der Waals surface area contributed by atoms with Gasteiger partial charge in [0.05, 0.1) is 18.6 Å². The van der Waals surface area contributed by atoms with Crippen molar-refractivity contribution in [1.29, 1.82) is 0 Å². The van der Waals surface area contributed by atoms with Crippen molar-refractivity contribution in [2.75, 3.05) is 38.3 Å². The third kappa shape index (κ3) is 3.55. The Kier molecular flexibility index (Phi) is 5.25. The first-order valence-corrected chi connectivity index (χ1v) is 9.88. The topological polar surface area (TPSA) is 56.3 Å². The summed E-state index contributed by atoms with van der Waals surface area (Å²) in [5.41, 5.74) is 1.49. The van der Waals surface area contributed by atoms with Crippen LogP contribution in [0.25, 0.3) is 10.2 Å². The standard InChI is InChI=1S/C18H25N3O2S/c1-2-5-15-14(4-1)16-17(20-12-21-18(16)24-15)19-7-3-8-22-10-13-6-9-23-11-13/h12-13H,1-11H2,(H,19,20,21). The van der Waals surface area contributed by atoms with Crippen molar-refractivity contribution in [2.24, 2.45) is 5.92 Å². The fourth-order valence-electron chi connectivity index (χ4n) is 3.57. The van der Waals surface area contributed by atoms with Crippen LogP contribution in [0.3, 0.4) is 0 Å². The molecule has 1 fully saturated rings. The number of thiophene rings is 1. The molecule has 2 aliphatic rings. The lowest BCUT2D eigenvalue weighted by molar-refractivity contribution is 0.0897. The van der Waals surface area contributed by atoms with E-state index < -0.39 is 0 Å². The molecule has 0 amide bonds. The predicted octanol–water partition coefficient (Wildman–Crippen LogP) is 3.43. The maximum absolute atomic E-state index is 5.77. The summed E-state index contributed by atoms with van der Waals surface area (Å²) in [6, 6.07) is 0. The summed E-state index contributed by atoms with van der Waals surface area (Å²) < 4.78 is 11.1. The van der Waals surface area contributed by atoms with E-state index in [1.54, 1.807) is 6.33 Å². The van der Waals surface area contributed by atoms with Crippen molar-refractivity contribution < 1.29 is 9.47 Å². The van der Waals surface area contributed by atoms with Gasteiger partial charge in [0.1, 0.15) is 17.0 Å². The third-order valence-electron chi connectivity index (χ3n) is 4.89. The first-order valence-electron chi connectivity index (χ1n) is 9.06. The predicted molar refractivity (Wildman–Crippen MR) is 96.9 cm³/mol. The number of hydrogen-bond acceptors (Lipinski definition) is 6. The smallest absolute Gasteiger partial charge is 0.138 e. The number of fused-ring (bicyclic) bond motifs is 3. The average molecular weight is 347 g/mol. The molecule has 130 valence electrons. The van der Waals surface area contributed by atoms with E-state index in [1.807, 2.05) is 11.3 Å². The summed E-state index contributed by atoms with van der Waals surface area (Å²) in [6.45, 7) is 4.26. The van der Waals surface area contributed by atoms with Crippen molar-refractivity contribution >= 4 is 27.4 Å². The number of hydrogen-bond donors (Lipinski definition) is 1. The first kappa shape index (κ1) is 16.2. The Bertz CT molecular complexity index is 682. The molecule has 1 saturated heterocycles. The van der Waals surface area contributed by atoms with Gasteiger partial charge in [-0.2, -0.15) is 0 Å². The Morgan fingerprint density at radius 2 is 2.25 bits per heavy atom. The molecule has 1 atom stereocenters. The molecule has 1 N–H and O–H groups in total. The number of ether oxygens (including phenoxy) is 2. The van der Waals surface area contributed by atoms with E-state index in [4.69, 9.17) is 9.47 Å². The largest absolute Gasteiger partial charge is 0.381 e. The lowest BCUT2D eigenvalue weighted by Crippen LogP contribution is -2.12. The molecule has 4 rings (SSSR count). The van der Waals surface area contributed by atoms with E-state index in [0.29, 0.717) is 5.92 Å². The number of aryl methyl sites for hydroxylation is 2. The highest BCUT2D eigenvalue weighted by atomic mass is 32.1. The van der Waals surface area contributed by atoms with E-state index in [2.05, 4.69) is 15.3 Å². The van der Waals surface area contributed by atoms with Gasteiger partial charge in [-0.25, -0.2) is 9.97 Å². The summed E-state index contributed by atoms with van der Waals surface area (Å²) in [5.74, 6) is 1.60. The Labute approximate surface area is 146 Å². The lowest BCUT2D eigenvalue weighted by atomic mass is 9.97. The molecular weight excluding hydrogens is 322 g/mol. The van der Waals surface area contributed by atoms with Gasteiger partial charge in [0, 0.05) is 30.6 Å². The molecular formula is C18H25N3O2S. The van der Waals surface area contributed by atoms with Gasteiger partial charge in [-0.15, -0.1) is 11.3 Å². The fraction of sp³-hybridized carbons (Fsp3) is 0.667. The summed E-state index contributed by atoms with van der Waals surface area (Å²) in [7, 11) is 0. The Hall–Kier alpha value is -1.24. The molecule has 2 aromatic rings. The molecule has 1 unspecified atom stereocenters. The van der Waals surface area contributed by atoms with Crippen LogP contribution in [0, 0.1) is 5.92 Å². The minimum absolute atomic E-state index is 0.594. The first-order chi connectivity index (χ1) is 11.9. The van der Waals surface area contributed by atoms with Crippen molar-refractivity contribution in [3.63, 3.8) is 0 Å². The fourth-order valence-corrected chi connectivity index (χ4v) is 4.80. The van der Waals surface area contributed by atoms with Crippen molar-refractivity contribution in [2.45, 2.75) is 38.5 Å². The highest BCUT2D eigenvalue weighted by Crippen LogP contribution is 2.38. The van der Waals surface area contributed by atoms with E-state index in [1.165, 1.54) is 41.5 Å². The Balaban J connectivity index is 1.30. The maximum atomic E-state index is 5.77. The summed E-state index contributed by atoms with van der Waals surface area (Å²) in [6.07, 6.45) is 8.78. The maximum Gasteiger partial charge on any atom is 0.138 e. The van der Waals surface area contributed by atoms with Crippen LogP contribution in [-0.4, -0.2) is 42.9 Å². The van der Waals surface area contributed by atoms with Gasteiger partial charge in [-0.05, 0) is 44.1 Å². The van der Waals surface area contributed by atoms with Gasteiger partial charge >= 0.3 is 0 Å². The number of nitrogens with one attached hydrogen (secondary N) is 1. The molecule has 24 heavy (non-hydrogen) atoms. The zero-order valence-corrected chi connectivity index (χ0v) is 14.9. The molecule has 0 saturated carbocycles. The third-order valence-corrected chi connectivity index (χ3v) is 6.09. The molecule has 0 spiro atoms. The molecule has 5 nitrogen and oxygen atoms in total. The van der Waals surface area contributed by atoms with Crippen LogP contribution in [0.4, 0.5) is 5.82 Å². The van der Waals surface area contributed by atoms with Gasteiger partial charge in [-0.1, -0.05) is 0 Å². The van der Waals surface area contributed by atoms with Crippen molar-refractivity contribution in [3.05, 3.63) is 16.8 Å². The normalized spacial score (nSPS) is 20.4. The molecule has 0 radical (unpaired) electrons. The van der Waals surface area contributed by atoms with E-state index in [-0.39, 0.29) is 0 Å². The molecule has 0 aromatic carbocycles. The van der Waals surface area contributed by atoms with Crippen LogP contribution in [0.2, 0.25) is 0 Å². The van der Waals surface area contributed by atoms with E-state index in [0.717, 1.165) is 56.5 Å². The zero-order chi connectivity index (χ0) is 16.2. The molecule has 2 aromatic heterocycles. The summed E-state index contributed by atoms with van der Waals surface area (Å²) in [4.78, 5) is 11.6. The molecule has 1 aliphatic heterocycles. The van der Waals surface area contributed by atoms with E-state index in [9.17, 15) is 0 Å². The van der Waals surface area contributed by atoms with Crippen molar-refractivity contribution in [1.82, 2.24) is 9.97 Å². The Morgan fingerprint density at radius 3 is 3.17 bits per heavy atom. The molecule has 0 bridgehead atoms. The van der Waals surface area contributed by atoms with Gasteiger partial charge in [0.25, 0.3) is 0 Å². The monoisotopic (exact) mass is 347 g/mol. The molecule has 1 aliphatic carbocycles. The average Bonchev–Trinajstić information content (AvgIpc) is 3.25. The second kappa shape index (κ2) is 7.76. The molecule has 3 heterocycles. The molecule has 6 heteroatoms. The summed E-state index contributed by atoms with van der Waals surface area (Å²) >= 11 is 1.85. The van der Waals surface area contributed by atoms with Gasteiger partial charge < -0.3 is 14.8 Å². The van der Waals surface area contributed by atoms with Gasteiger partial charge in [0.2, 0.25) is 0 Å². The Morgan fingerprint density at radius 1 is 1.29 bits per heavy atom. The van der Waals surface area contributed by atoms with Crippen LogP contribution in [0.15, 0.2) is 6.33 Å². The zero-order valence-electron chi connectivity index (χ0n) is 14.1. The minimum atomic E-state index is 0.594. The lowest BCUT2D eigenvalue weighted by Gasteiger charge is -2.12.